The number of carbonyl (C=O) groups excluding carboxylic acids is 4. The van der Waals surface area contributed by atoms with Crippen LogP contribution in [0, 0.1) is 22.7 Å². The van der Waals surface area contributed by atoms with Crippen molar-refractivity contribution >= 4 is 23.7 Å². The van der Waals surface area contributed by atoms with Crippen LogP contribution in [0.2, 0.25) is 0 Å². The molecule has 1 saturated heterocycles. The molecule has 8 heteroatoms. The summed E-state index contributed by atoms with van der Waals surface area (Å²) in [5.41, 5.74) is -0.239. The topological polar surface area (TPSA) is 105 Å². The Kier molecular flexibility index (Phi) is 10.6. The molecule has 3 rings (SSSR count). The van der Waals surface area contributed by atoms with Gasteiger partial charge in [-0.2, -0.15) is 0 Å². The van der Waals surface area contributed by atoms with Crippen LogP contribution in [0.5, 0.6) is 0 Å². The molecule has 0 bridgehead atoms. The van der Waals surface area contributed by atoms with Crippen molar-refractivity contribution in [3.63, 3.8) is 0 Å². The summed E-state index contributed by atoms with van der Waals surface area (Å²) < 4.78 is 23.7. The number of esters is 3. The Balaban J connectivity index is 2.11. The summed E-state index contributed by atoms with van der Waals surface area (Å²) in [5, 5.41) is 0. The molecule has 40 heavy (non-hydrogen) atoms. The molecule has 1 aliphatic heterocycles. The van der Waals surface area contributed by atoms with Gasteiger partial charge >= 0.3 is 17.9 Å². The predicted molar refractivity (Wildman–Crippen MR) is 150 cm³/mol. The smallest absolute Gasteiger partial charge is 0.306 e. The van der Waals surface area contributed by atoms with Gasteiger partial charge in [-0.1, -0.05) is 70.8 Å². The maximum atomic E-state index is 13.2. The average molecular weight is 559 g/mol. The SMILES string of the molecule is C=C/C(C)=C/C[C@]1(C)[C@H]2CC(=O)C=C3[C@H](OC(C)=O)O[C@H](OC(C)=O)[C@@]32[C@H](OC(=O)CCCCCCC)C[C@@H]1C. The first kappa shape index (κ1) is 31.8. The first-order valence-corrected chi connectivity index (χ1v) is 14.6. The van der Waals surface area contributed by atoms with Gasteiger partial charge in [0.15, 0.2) is 5.78 Å². The Labute approximate surface area is 238 Å². The van der Waals surface area contributed by atoms with E-state index in [1.807, 2.05) is 6.92 Å². The molecule has 0 aromatic carbocycles. The zero-order valence-electron chi connectivity index (χ0n) is 25.0. The van der Waals surface area contributed by atoms with Gasteiger partial charge in [0.05, 0.1) is 0 Å². The lowest BCUT2D eigenvalue weighted by Gasteiger charge is -2.59. The first-order valence-electron chi connectivity index (χ1n) is 14.6. The molecule has 1 heterocycles. The molecule has 0 N–H and O–H groups in total. The Morgan fingerprint density at radius 1 is 1.07 bits per heavy atom. The summed E-state index contributed by atoms with van der Waals surface area (Å²) in [5.74, 6) is -2.03. The Morgan fingerprint density at radius 3 is 2.38 bits per heavy atom. The summed E-state index contributed by atoms with van der Waals surface area (Å²) in [6, 6.07) is 0. The molecule has 3 aliphatic rings. The number of carbonyl (C=O) groups is 4. The third kappa shape index (κ3) is 6.42. The van der Waals surface area contributed by atoms with Crippen LogP contribution in [-0.4, -0.2) is 42.4 Å². The average Bonchev–Trinajstić information content (AvgIpc) is 3.16. The number of ketones is 1. The van der Waals surface area contributed by atoms with Gasteiger partial charge in [-0.25, -0.2) is 0 Å². The summed E-state index contributed by atoms with van der Waals surface area (Å²) in [6.45, 7) is 14.7. The van der Waals surface area contributed by atoms with Crippen molar-refractivity contribution in [3.8, 4) is 0 Å². The van der Waals surface area contributed by atoms with E-state index in [1.54, 1.807) is 6.08 Å². The van der Waals surface area contributed by atoms with Gasteiger partial charge in [0.2, 0.25) is 12.6 Å². The van der Waals surface area contributed by atoms with Gasteiger partial charge in [-0.15, -0.1) is 0 Å². The van der Waals surface area contributed by atoms with Gasteiger partial charge < -0.3 is 14.2 Å². The Bertz CT molecular complexity index is 1060. The van der Waals surface area contributed by atoms with Crippen LogP contribution in [0.3, 0.4) is 0 Å². The number of ether oxygens (including phenoxy) is 4. The van der Waals surface area contributed by atoms with Gasteiger partial charge in [0.25, 0.3) is 0 Å². The van der Waals surface area contributed by atoms with Crippen molar-refractivity contribution in [3.05, 3.63) is 36.0 Å². The minimum atomic E-state index is -1.23. The minimum Gasteiger partial charge on any atom is -0.461 e. The quantitative estimate of drug-likeness (QED) is 0.122. The lowest BCUT2D eigenvalue weighted by Crippen LogP contribution is -2.63. The second kappa shape index (κ2) is 13.3. The number of allylic oxidation sites excluding steroid dienone is 4. The highest BCUT2D eigenvalue weighted by atomic mass is 16.8. The molecule has 222 valence electrons. The summed E-state index contributed by atoms with van der Waals surface area (Å²) >= 11 is 0. The molecular formula is C32H46O8. The zero-order valence-corrected chi connectivity index (χ0v) is 25.0. The molecule has 8 nitrogen and oxygen atoms in total. The van der Waals surface area contributed by atoms with Crippen molar-refractivity contribution in [2.45, 2.75) is 118 Å². The van der Waals surface area contributed by atoms with Gasteiger partial charge in [-0.3, -0.25) is 23.9 Å². The van der Waals surface area contributed by atoms with E-state index in [9.17, 15) is 19.2 Å². The van der Waals surface area contributed by atoms with Crippen LogP contribution in [-0.2, 0) is 38.1 Å². The van der Waals surface area contributed by atoms with Crippen LogP contribution in [0.15, 0.2) is 36.0 Å². The molecule has 0 aromatic heterocycles. The molecule has 1 saturated carbocycles. The largest absolute Gasteiger partial charge is 0.461 e. The van der Waals surface area contributed by atoms with E-state index in [-0.39, 0.29) is 30.5 Å². The van der Waals surface area contributed by atoms with Crippen LogP contribution in [0.25, 0.3) is 0 Å². The maximum Gasteiger partial charge on any atom is 0.306 e. The zero-order chi connectivity index (χ0) is 29.7. The number of hydrogen-bond acceptors (Lipinski definition) is 8. The van der Waals surface area contributed by atoms with E-state index in [4.69, 9.17) is 18.9 Å². The fourth-order valence-electron chi connectivity index (χ4n) is 6.83. The van der Waals surface area contributed by atoms with E-state index in [2.05, 4.69) is 33.4 Å². The summed E-state index contributed by atoms with van der Waals surface area (Å²) in [4.78, 5) is 50.9. The fourth-order valence-corrected chi connectivity index (χ4v) is 6.83. The maximum absolute atomic E-state index is 13.2. The van der Waals surface area contributed by atoms with E-state index >= 15 is 0 Å². The van der Waals surface area contributed by atoms with E-state index in [1.165, 1.54) is 19.9 Å². The second-order valence-electron chi connectivity index (χ2n) is 11.9. The van der Waals surface area contributed by atoms with Crippen LogP contribution >= 0.6 is 0 Å². The van der Waals surface area contributed by atoms with Crippen LogP contribution in [0.4, 0.5) is 0 Å². The minimum absolute atomic E-state index is 0.0391. The van der Waals surface area contributed by atoms with Gasteiger partial charge in [0.1, 0.15) is 11.5 Å². The molecule has 0 amide bonds. The predicted octanol–water partition coefficient (Wildman–Crippen LogP) is 6.14. The normalized spacial score (nSPS) is 33.4. The van der Waals surface area contributed by atoms with Crippen molar-refractivity contribution in [1.82, 2.24) is 0 Å². The standard InChI is InChI=1S/C32H46O8/c1-8-10-11-12-13-14-28(36)39-27-17-21(4)31(7,16-15-20(3)9-2)26-19-24(35)18-25-29(37-22(5)33)40-30(32(25,26)27)38-23(6)34/h9,15,18,21,26-27,29-30H,2,8,10-14,16-17,19H2,1,3-7H3/b20-15+/t21-,26+,27+,29+,30-,31-,32-/m0/s1. The first-order chi connectivity index (χ1) is 18.9. The lowest BCUT2D eigenvalue weighted by molar-refractivity contribution is -0.254. The molecule has 2 fully saturated rings. The highest BCUT2D eigenvalue weighted by Crippen LogP contribution is 2.67. The van der Waals surface area contributed by atoms with Crippen molar-refractivity contribution < 1.29 is 38.1 Å². The summed E-state index contributed by atoms with van der Waals surface area (Å²) in [6.07, 6.45) is 8.66. The van der Waals surface area contributed by atoms with Crippen LogP contribution < -0.4 is 0 Å². The van der Waals surface area contributed by atoms with Crippen molar-refractivity contribution in [1.29, 1.82) is 0 Å². The Morgan fingerprint density at radius 2 is 1.75 bits per heavy atom. The molecule has 7 atom stereocenters. The molecule has 0 radical (unpaired) electrons. The van der Waals surface area contributed by atoms with E-state index in [0.717, 1.165) is 37.7 Å². The van der Waals surface area contributed by atoms with Gasteiger partial charge in [-0.05, 0) is 49.5 Å². The highest BCUT2D eigenvalue weighted by molar-refractivity contribution is 5.92. The second-order valence-corrected chi connectivity index (χ2v) is 11.9. The number of hydrogen-bond donors (Lipinski definition) is 0. The lowest BCUT2D eigenvalue weighted by atomic mass is 9.45. The van der Waals surface area contributed by atoms with Crippen molar-refractivity contribution in [2.24, 2.45) is 22.7 Å². The fraction of sp³-hybridized carbons (Fsp3) is 0.688. The number of unbranched alkanes of at least 4 members (excludes halogenated alkanes) is 4. The van der Waals surface area contributed by atoms with E-state index < -0.39 is 47.4 Å². The third-order valence-electron chi connectivity index (χ3n) is 9.20. The molecule has 2 aliphatic carbocycles. The molecule has 0 unspecified atom stereocenters. The monoisotopic (exact) mass is 558 g/mol. The highest BCUT2D eigenvalue weighted by Gasteiger charge is 2.72. The molecule has 1 spiro atoms. The summed E-state index contributed by atoms with van der Waals surface area (Å²) in [7, 11) is 0. The molecular weight excluding hydrogens is 512 g/mol. The Hall–Kier alpha value is -2.74. The number of rotatable bonds is 12. The van der Waals surface area contributed by atoms with Crippen molar-refractivity contribution in [2.75, 3.05) is 0 Å². The molecule has 0 aromatic rings. The third-order valence-corrected chi connectivity index (χ3v) is 9.20. The van der Waals surface area contributed by atoms with Crippen LogP contribution in [0.1, 0.15) is 99.3 Å². The van der Waals surface area contributed by atoms with Gasteiger partial charge in [0, 0.05) is 32.3 Å². The van der Waals surface area contributed by atoms with E-state index in [0.29, 0.717) is 18.4 Å².